The van der Waals surface area contributed by atoms with Crippen LogP contribution in [0.2, 0.25) is 0 Å². The average Bonchev–Trinajstić information content (AvgIpc) is 3.25. The van der Waals surface area contributed by atoms with Crippen LogP contribution in [0.5, 0.6) is 11.5 Å². The van der Waals surface area contributed by atoms with Gasteiger partial charge in [0.2, 0.25) is 5.91 Å². The molecule has 0 aliphatic carbocycles. The minimum Gasteiger partial charge on any atom is -0.496 e. The summed E-state index contributed by atoms with van der Waals surface area (Å²) >= 11 is 0. The number of carbonyl (C=O) groups is 1. The number of aryl methyl sites for hydroxylation is 2. The molecule has 0 aliphatic rings. The Hall–Kier alpha value is -3.87. The number of aromatic nitrogens is 2. The molecule has 0 saturated carbocycles. The molecule has 0 unspecified atom stereocenters. The van der Waals surface area contributed by atoms with Gasteiger partial charge in [-0.25, -0.2) is 9.07 Å². The van der Waals surface area contributed by atoms with E-state index in [1.165, 1.54) is 12.1 Å². The molecule has 202 valence electrons. The van der Waals surface area contributed by atoms with Gasteiger partial charge in [0.05, 0.1) is 30.6 Å². The Labute approximate surface area is 224 Å². The highest BCUT2D eigenvalue weighted by atomic mass is 19.1. The molecule has 0 radical (unpaired) electrons. The van der Waals surface area contributed by atoms with Crippen molar-refractivity contribution in [3.63, 3.8) is 0 Å². The number of rotatable bonds is 7. The van der Waals surface area contributed by atoms with Crippen LogP contribution >= 0.6 is 0 Å². The molecule has 1 heterocycles. The molecule has 4 aromatic rings. The SMILES string of the molecule is C.COc1c(C)cc([C@@H](Oc2ccc3c(cnn3-c3ccc(F)cc3)c2)[C@H](C)NC(=O)C(C)(C)C)cc1C. The van der Waals surface area contributed by atoms with Gasteiger partial charge in [0, 0.05) is 10.8 Å². The molecule has 0 spiro atoms. The van der Waals surface area contributed by atoms with Crippen molar-refractivity contribution in [1.82, 2.24) is 15.1 Å². The van der Waals surface area contributed by atoms with Crippen molar-refractivity contribution in [3.05, 3.63) is 83.3 Å². The van der Waals surface area contributed by atoms with Gasteiger partial charge in [-0.2, -0.15) is 5.10 Å². The highest BCUT2D eigenvalue weighted by molar-refractivity contribution is 5.82. The van der Waals surface area contributed by atoms with Gasteiger partial charge in [-0.15, -0.1) is 0 Å². The maximum absolute atomic E-state index is 13.4. The van der Waals surface area contributed by atoms with E-state index >= 15 is 0 Å². The van der Waals surface area contributed by atoms with Gasteiger partial charge in [0.15, 0.2) is 0 Å². The van der Waals surface area contributed by atoms with Crippen LogP contribution in [0.1, 0.15) is 57.9 Å². The molecule has 0 fully saturated rings. The van der Waals surface area contributed by atoms with Gasteiger partial charge in [0.1, 0.15) is 23.4 Å². The molecule has 7 heteroatoms. The van der Waals surface area contributed by atoms with Crippen molar-refractivity contribution in [2.24, 2.45) is 5.41 Å². The number of amides is 1. The lowest BCUT2D eigenvalue weighted by Crippen LogP contribution is -2.44. The number of nitrogens with zero attached hydrogens (tertiary/aromatic N) is 2. The largest absolute Gasteiger partial charge is 0.496 e. The van der Waals surface area contributed by atoms with Gasteiger partial charge < -0.3 is 14.8 Å². The highest BCUT2D eigenvalue weighted by Gasteiger charge is 2.29. The van der Waals surface area contributed by atoms with Gasteiger partial charge >= 0.3 is 0 Å². The Morgan fingerprint density at radius 2 is 1.66 bits per heavy atom. The number of halogens is 1. The van der Waals surface area contributed by atoms with Crippen molar-refractivity contribution >= 4 is 16.8 Å². The third-order valence-electron chi connectivity index (χ3n) is 6.38. The Bertz CT molecular complexity index is 1400. The Kier molecular flexibility index (Phi) is 8.50. The number of hydrogen-bond acceptors (Lipinski definition) is 4. The maximum Gasteiger partial charge on any atom is 0.225 e. The normalized spacial score (nSPS) is 12.9. The predicted octanol–water partition coefficient (Wildman–Crippen LogP) is 7.10. The highest BCUT2D eigenvalue weighted by Crippen LogP contribution is 2.33. The minimum atomic E-state index is -0.529. The van der Waals surface area contributed by atoms with Crippen LogP contribution in [0.25, 0.3) is 16.6 Å². The molecule has 4 rings (SSSR count). The fourth-order valence-corrected chi connectivity index (χ4v) is 4.45. The van der Waals surface area contributed by atoms with Crippen molar-refractivity contribution in [3.8, 4) is 17.2 Å². The third kappa shape index (κ3) is 5.98. The zero-order valence-corrected chi connectivity index (χ0v) is 22.4. The summed E-state index contributed by atoms with van der Waals surface area (Å²) in [5.41, 5.74) is 4.05. The topological polar surface area (TPSA) is 65.4 Å². The number of methoxy groups -OCH3 is 1. The first-order valence-corrected chi connectivity index (χ1v) is 12.3. The van der Waals surface area contributed by atoms with Crippen LogP contribution in [0.15, 0.2) is 60.8 Å². The van der Waals surface area contributed by atoms with E-state index in [9.17, 15) is 9.18 Å². The van der Waals surface area contributed by atoms with E-state index in [1.54, 1.807) is 30.1 Å². The standard InChI is InChI=1S/C30H34FN3O3.CH4/c1-18-14-21(15-19(2)27(18)36-7)28(20(3)33-29(35)30(4,5)6)37-25-12-13-26-22(16-25)17-32-34(26)24-10-8-23(31)9-11-24;/h8-17,20,28H,1-7H3,(H,33,35);1H4/t20-,28-;/m0./s1. The first-order valence-electron chi connectivity index (χ1n) is 12.3. The monoisotopic (exact) mass is 519 g/mol. The summed E-state index contributed by atoms with van der Waals surface area (Å²) in [4.78, 5) is 12.8. The third-order valence-corrected chi connectivity index (χ3v) is 6.38. The average molecular weight is 520 g/mol. The Balaban J connectivity index is 0.00000400. The summed E-state index contributed by atoms with van der Waals surface area (Å²) < 4.78 is 27.2. The number of fused-ring (bicyclic) bond motifs is 1. The zero-order chi connectivity index (χ0) is 26.9. The lowest BCUT2D eigenvalue weighted by atomic mass is 9.93. The van der Waals surface area contributed by atoms with E-state index in [0.29, 0.717) is 5.75 Å². The molecule has 2 atom stereocenters. The number of hydrogen-bond donors (Lipinski definition) is 1. The lowest BCUT2D eigenvalue weighted by Gasteiger charge is -2.30. The molecule has 3 aromatic carbocycles. The number of ether oxygens (including phenoxy) is 2. The molecule has 1 aromatic heterocycles. The second kappa shape index (κ2) is 11.3. The van der Waals surface area contributed by atoms with Crippen molar-refractivity contribution in [2.75, 3.05) is 7.11 Å². The number of carbonyl (C=O) groups excluding carboxylic acids is 1. The zero-order valence-electron chi connectivity index (χ0n) is 22.4. The molecular formula is C31H38FN3O3. The first kappa shape index (κ1) is 28.7. The molecule has 6 nitrogen and oxygen atoms in total. The van der Waals surface area contributed by atoms with Crippen LogP contribution in [-0.4, -0.2) is 28.8 Å². The fraction of sp³-hybridized carbons (Fsp3) is 0.355. The minimum absolute atomic E-state index is 0. The molecule has 1 N–H and O–H groups in total. The van der Waals surface area contributed by atoms with E-state index in [0.717, 1.165) is 39.0 Å². The van der Waals surface area contributed by atoms with Crippen LogP contribution < -0.4 is 14.8 Å². The lowest BCUT2D eigenvalue weighted by molar-refractivity contribution is -0.129. The van der Waals surface area contributed by atoms with Gasteiger partial charge in [-0.3, -0.25) is 4.79 Å². The van der Waals surface area contributed by atoms with Crippen molar-refractivity contribution in [1.29, 1.82) is 0 Å². The molecule has 1 amide bonds. The summed E-state index contributed by atoms with van der Waals surface area (Å²) in [5, 5.41) is 8.50. The van der Waals surface area contributed by atoms with Crippen molar-refractivity contribution < 1.29 is 18.7 Å². The molecule has 38 heavy (non-hydrogen) atoms. The van der Waals surface area contributed by atoms with E-state index in [4.69, 9.17) is 9.47 Å². The fourth-order valence-electron chi connectivity index (χ4n) is 4.45. The van der Waals surface area contributed by atoms with E-state index in [1.807, 2.05) is 71.9 Å². The molecule has 0 aliphatic heterocycles. The molecule has 0 bridgehead atoms. The number of benzene rings is 3. The second-order valence-electron chi connectivity index (χ2n) is 10.5. The van der Waals surface area contributed by atoms with Crippen LogP contribution in [0, 0.1) is 25.1 Å². The van der Waals surface area contributed by atoms with E-state index < -0.39 is 11.5 Å². The Morgan fingerprint density at radius 3 is 2.24 bits per heavy atom. The van der Waals surface area contributed by atoms with Gasteiger partial charge in [0.25, 0.3) is 0 Å². The summed E-state index contributed by atoms with van der Waals surface area (Å²) in [6, 6.07) is 15.7. The predicted molar refractivity (Wildman–Crippen MR) is 151 cm³/mol. The summed E-state index contributed by atoms with van der Waals surface area (Å²) in [6.07, 6.45) is 1.31. The summed E-state index contributed by atoms with van der Waals surface area (Å²) in [5.74, 6) is 1.15. The van der Waals surface area contributed by atoms with Crippen LogP contribution in [-0.2, 0) is 4.79 Å². The van der Waals surface area contributed by atoms with Gasteiger partial charge in [-0.1, -0.05) is 28.2 Å². The van der Waals surface area contributed by atoms with Crippen LogP contribution in [0.4, 0.5) is 4.39 Å². The van der Waals surface area contributed by atoms with E-state index in [2.05, 4.69) is 10.4 Å². The maximum atomic E-state index is 13.4. The number of nitrogens with one attached hydrogen (secondary N) is 1. The summed E-state index contributed by atoms with van der Waals surface area (Å²) in [7, 11) is 1.66. The van der Waals surface area contributed by atoms with Crippen LogP contribution in [0.3, 0.4) is 0 Å². The van der Waals surface area contributed by atoms with E-state index in [-0.39, 0.29) is 25.2 Å². The second-order valence-corrected chi connectivity index (χ2v) is 10.5. The molecular weight excluding hydrogens is 481 g/mol. The van der Waals surface area contributed by atoms with Crippen molar-refractivity contribution in [2.45, 2.75) is 61.1 Å². The smallest absolute Gasteiger partial charge is 0.225 e. The quantitative estimate of drug-likeness (QED) is 0.283. The van der Waals surface area contributed by atoms with Gasteiger partial charge in [-0.05, 0) is 92.1 Å². The molecule has 0 saturated heterocycles. The Morgan fingerprint density at radius 1 is 1.03 bits per heavy atom. The summed E-state index contributed by atoms with van der Waals surface area (Å²) in [6.45, 7) is 11.6. The first-order chi connectivity index (χ1) is 17.5.